The summed E-state index contributed by atoms with van der Waals surface area (Å²) in [6.07, 6.45) is 9.85. The predicted molar refractivity (Wildman–Crippen MR) is 86.5 cm³/mol. The number of rotatable bonds is 4. The van der Waals surface area contributed by atoms with Crippen LogP contribution in [-0.4, -0.2) is 28.9 Å². The lowest BCUT2D eigenvalue weighted by atomic mass is 9.81. The van der Waals surface area contributed by atoms with Crippen molar-refractivity contribution in [3.63, 3.8) is 0 Å². The van der Waals surface area contributed by atoms with Crippen molar-refractivity contribution >= 4 is 23.1 Å². The molecular weight excluding hydrogens is 268 g/mol. The van der Waals surface area contributed by atoms with Crippen molar-refractivity contribution in [2.45, 2.75) is 70.8 Å². The largest absolute Gasteiger partial charge is 0.392 e. The molecule has 2 N–H and O–H groups in total. The van der Waals surface area contributed by atoms with E-state index < -0.39 is 5.41 Å². The number of nitrogens with two attached hydrogens (primary N) is 1. The van der Waals surface area contributed by atoms with Gasteiger partial charge in [-0.25, -0.2) is 0 Å². The Morgan fingerprint density at radius 3 is 2.25 bits per heavy atom. The molecule has 20 heavy (non-hydrogen) atoms. The average Bonchev–Trinajstić information content (AvgIpc) is 2.96. The van der Waals surface area contributed by atoms with Gasteiger partial charge in [0.2, 0.25) is 5.91 Å². The number of carbonyl (C=O) groups excluding carboxylic acids is 1. The van der Waals surface area contributed by atoms with Gasteiger partial charge < -0.3 is 10.6 Å². The zero-order valence-electron chi connectivity index (χ0n) is 12.9. The quantitative estimate of drug-likeness (QED) is 0.810. The third-order valence-corrected chi connectivity index (χ3v) is 5.99. The molecule has 0 heterocycles. The fraction of sp³-hybridized carbons (Fsp3) is 0.875. The summed E-state index contributed by atoms with van der Waals surface area (Å²) < 4.78 is 0. The van der Waals surface area contributed by atoms with Crippen molar-refractivity contribution < 1.29 is 4.79 Å². The molecule has 114 valence electrons. The van der Waals surface area contributed by atoms with Crippen LogP contribution in [0.3, 0.4) is 0 Å². The van der Waals surface area contributed by atoms with Gasteiger partial charge in [-0.3, -0.25) is 4.79 Å². The zero-order valence-corrected chi connectivity index (χ0v) is 13.7. The van der Waals surface area contributed by atoms with Crippen LogP contribution in [0.2, 0.25) is 0 Å². The minimum absolute atomic E-state index is 0.183. The summed E-state index contributed by atoms with van der Waals surface area (Å²) in [6, 6.07) is 0.386. The molecular formula is C16H28N2OS. The molecule has 0 unspecified atom stereocenters. The zero-order chi connectivity index (χ0) is 14.8. The van der Waals surface area contributed by atoms with Crippen molar-refractivity contribution in [1.29, 1.82) is 0 Å². The normalized spacial score (nSPS) is 29.1. The van der Waals surface area contributed by atoms with Crippen LogP contribution in [0.15, 0.2) is 0 Å². The summed E-state index contributed by atoms with van der Waals surface area (Å²) in [5.74, 6) is 1.04. The fourth-order valence-electron chi connectivity index (χ4n) is 3.99. The summed E-state index contributed by atoms with van der Waals surface area (Å²) in [7, 11) is 1.96. The van der Waals surface area contributed by atoms with Gasteiger partial charge in [0.1, 0.15) is 0 Å². The van der Waals surface area contributed by atoms with E-state index in [4.69, 9.17) is 18.0 Å². The first-order chi connectivity index (χ1) is 9.51. The lowest BCUT2D eigenvalue weighted by Gasteiger charge is -2.39. The Morgan fingerprint density at radius 1 is 1.25 bits per heavy atom. The topological polar surface area (TPSA) is 46.3 Å². The Bertz CT molecular complexity index is 369. The van der Waals surface area contributed by atoms with E-state index in [0.717, 1.165) is 44.4 Å². The Morgan fingerprint density at radius 2 is 1.80 bits per heavy atom. The summed E-state index contributed by atoms with van der Waals surface area (Å²) in [5.41, 5.74) is 5.39. The number of hydrogen-bond donors (Lipinski definition) is 1. The van der Waals surface area contributed by atoms with Gasteiger partial charge in [-0.05, 0) is 44.4 Å². The van der Waals surface area contributed by atoms with E-state index in [2.05, 4.69) is 6.92 Å². The summed E-state index contributed by atoms with van der Waals surface area (Å²) in [4.78, 5) is 15.3. The van der Waals surface area contributed by atoms with E-state index in [1.54, 1.807) is 0 Å². The molecule has 3 nitrogen and oxygen atoms in total. The maximum absolute atomic E-state index is 12.9. The molecule has 0 atom stereocenters. The van der Waals surface area contributed by atoms with Gasteiger partial charge in [-0.15, -0.1) is 0 Å². The first kappa shape index (κ1) is 15.7. The van der Waals surface area contributed by atoms with Crippen molar-refractivity contribution in [3.8, 4) is 0 Å². The lowest BCUT2D eigenvalue weighted by molar-refractivity contribution is -0.139. The molecule has 0 radical (unpaired) electrons. The molecule has 4 heteroatoms. The van der Waals surface area contributed by atoms with Crippen molar-refractivity contribution in [2.75, 3.05) is 7.05 Å². The third kappa shape index (κ3) is 2.85. The summed E-state index contributed by atoms with van der Waals surface area (Å²) in [5, 5.41) is 0. The van der Waals surface area contributed by atoms with E-state index >= 15 is 0 Å². The predicted octanol–water partition coefficient (Wildman–Crippen LogP) is 3.26. The Balaban J connectivity index is 2.03. The highest BCUT2D eigenvalue weighted by atomic mass is 32.1. The number of nitrogens with zero attached hydrogens (tertiary/aromatic N) is 1. The average molecular weight is 296 g/mol. The highest BCUT2D eigenvalue weighted by Crippen LogP contribution is 2.41. The Labute approximate surface area is 128 Å². The van der Waals surface area contributed by atoms with E-state index in [-0.39, 0.29) is 5.91 Å². The standard InChI is InChI=1S/C16H28N2OS/c1-3-12-6-8-13(9-7-12)18(2)15(19)16(14(17)20)10-4-5-11-16/h12-13H,3-11H2,1-2H3,(H2,17,20). The van der Waals surface area contributed by atoms with Gasteiger partial charge in [0, 0.05) is 13.1 Å². The molecule has 0 aromatic carbocycles. The fourth-order valence-corrected chi connectivity index (χ4v) is 4.28. The molecule has 2 fully saturated rings. The van der Waals surface area contributed by atoms with Gasteiger partial charge in [0.25, 0.3) is 0 Å². The van der Waals surface area contributed by atoms with E-state index in [9.17, 15) is 4.79 Å². The number of thiocarbonyl (C=S) groups is 1. The summed E-state index contributed by atoms with van der Waals surface area (Å²) in [6.45, 7) is 2.26. The van der Waals surface area contributed by atoms with Crippen LogP contribution in [0, 0.1) is 11.3 Å². The molecule has 2 aliphatic rings. The third-order valence-electron chi connectivity index (χ3n) is 5.60. The molecule has 0 aliphatic heterocycles. The van der Waals surface area contributed by atoms with E-state index in [1.165, 1.54) is 19.3 Å². The number of carbonyl (C=O) groups is 1. The van der Waals surface area contributed by atoms with Gasteiger partial charge in [0.05, 0.1) is 10.4 Å². The van der Waals surface area contributed by atoms with Crippen LogP contribution >= 0.6 is 12.2 Å². The monoisotopic (exact) mass is 296 g/mol. The summed E-state index contributed by atoms with van der Waals surface area (Å²) >= 11 is 5.23. The molecule has 1 amide bonds. The molecule has 0 bridgehead atoms. The molecule has 2 rings (SSSR count). The van der Waals surface area contributed by atoms with Gasteiger partial charge >= 0.3 is 0 Å². The van der Waals surface area contributed by atoms with E-state index in [0.29, 0.717) is 11.0 Å². The van der Waals surface area contributed by atoms with Crippen molar-refractivity contribution in [3.05, 3.63) is 0 Å². The first-order valence-electron chi connectivity index (χ1n) is 8.08. The molecule has 0 aromatic heterocycles. The van der Waals surface area contributed by atoms with Crippen LogP contribution in [0.4, 0.5) is 0 Å². The van der Waals surface area contributed by atoms with Crippen LogP contribution in [0.25, 0.3) is 0 Å². The van der Waals surface area contributed by atoms with Crippen LogP contribution in [0.5, 0.6) is 0 Å². The minimum Gasteiger partial charge on any atom is -0.392 e. The van der Waals surface area contributed by atoms with Crippen molar-refractivity contribution in [2.24, 2.45) is 17.1 Å². The highest BCUT2D eigenvalue weighted by Gasteiger charge is 2.46. The minimum atomic E-state index is -0.536. The molecule has 0 saturated heterocycles. The second kappa shape index (κ2) is 6.42. The second-order valence-corrected chi connectivity index (χ2v) is 7.09. The maximum atomic E-state index is 12.9. The van der Waals surface area contributed by atoms with Gasteiger partial charge in [-0.2, -0.15) is 0 Å². The van der Waals surface area contributed by atoms with Crippen molar-refractivity contribution in [1.82, 2.24) is 4.90 Å². The highest BCUT2D eigenvalue weighted by molar-refractivity contribution is 7.80. The first-order valence-corrected chi connectivity index (χ1v) is 8.49. The smallest absolute Gasteiger partial charge is 0.235 e. The van der Waals surface area contributed by atoms with Crippen LogP contribution < -0.4 is 5.73 Å². The maximum Gasteiger partial charge on any atom is 0.235 e. The molecule has 2 aliphatic carbocycles. The Hall–Kier alpha value is -0.640. The van der Waals surface area contributed by atoms with Gasteiger partial charge in [0.15, 0.2) is 0 Å². The SMILES string of the molecule is CCC1CCC(N(C)C(=O)C2(C(N)=S)CCCC2)CC1. The number of hydrogen-bond acceptors (Lipinski definition) is 2. The Kier molecular flexibility index (Phi) is 5.05. The van der Waals surface area contributed by atoms with Crippen LogP contribution in [-0.2, 0) is 4.79 Å². The second-order valence-electron chi connectivity index (χ2n) is 6.65. The molecule has 0 aromatic rings. The van der Waals surface area contributed by atoms with Gasteiger partial charge in [-0.1, -0.05) is 38.4 Å². The van der Waals surface area contributed by atoms with Crippen LogP contribution in [0.1, 0.15) is 64.7 Å². The lowest BCUT2D eigenvalue weighted by Crippen LogP contribution is -2.51. The number of amides is 1. The van der Waals surface area contributed by atoms with E-state index in [1.807, 2.05) is 11.9 Å². The molecule has 0 spiro atoms. The molecule has 2 saturated carbocycles.